The highest BCUT2D eigenvalue weighted by Crippen LogP contribution is 2.18. The fourth-order valence-electron chi connectivity index (χ4n) is 3.58. The molecule has 0 aromatic heterocycles. The molecule has 0 spiro atoms. The topological polar surface area (TPSA) is 52.3 Å². The van der Waals surface area contributed by atoms with Crippen LogP contribution in [0.4, 0.5) is 0 Å². The molecule has 0 aliphatic carbocycles. The Kier molecular flexibility index (Phi) is 14.4. The van der Waals surface area contributed by atoms with Gasteiger partial charge in [0, 0.05) is 0 Å². The largest absolute Gasteiger partial charge is 0.493 e. The molecule has 0 atom stereocenters. The van der Waals surface area contributed by atoms with E-state index < -0.39 is 5.91 Å². The number of nitrogens with two attached hydrogens (primary N) is 1. The number of primary amides is 1. The number of hydrogen-bond donors (Lipinski definition) is 1. The fraction of sp³-hybridized carbons (Fsp3) is 0.720. The second-order valence-corrected chi connectivity index (χ2v) is 8.49. The van der Waals surface area contributed by atoms with Gasteiger partial charge in [0.15, 0.2) is 0 Å². The van der Waals surface area contributed by atoms with Crippen molar-refractivity contribution in [2.24, 2.45) is 11.7 Å². The molecular weight excluding hydrogens is 346 g/mol. The zero-order valence-electron chi connectivity index (χ0n) is 18.4. The third kappa shape index (κ3) is 12.8. The summed E-state index contributed by atoms with van der Waals surface area (Å²) in [6.07, 6.45) is 18.9. The number of unbranched alkanes of at least 4 members (excludes halogenated alkanes) is 12. The van der Waals surface area contributed by atoms with E-state index in [-0.39, 0.29) is 0 Å². The Balaban J connectivity index is 1.84. The fourth-order valence-corrected chi connectivity index (χ4v) is 3.58. The van der Waals surface area contributed by atoms with E-state index in [1.807, 2.05) is 12.1 Å². The number of ether oxygens (including phenoxy) is 1. The van der Waals surface area contributed by atoms with Gasteiger partial charge in [0.05, 0.1) is 12.2 Å². The first kappa shape index (κ1) is 24.5. The molecule has 0 fully saturated rings. The van der Waals surface area contributed by atoms with Gasteiger partial charge in [0.2, 0.25) is 0 Å². The minimum Gasteiger partial charge on any atom is -0.493 e. The molecule has 0 bridgehead atoms. The van der Waals surface area contributed by atoms with Gasteiger partial charge >= 0.3 is 0 Å². The maximum absolute atomic E-state index is 11.3. The minimum absolute atomic E-state index is 0.429. The van der Waals surface area contributed by atoms with Gasteiger partial charge in [-0.1, -0.05) is 109 Å². The quantitative estimate of drug-likeness (QED) is 0.268. The zero-order chi connectivity index (χ0) is 20.5. The van der Waals surface area contributed by atoms with Crippen LogP contribution in [0.5, 0.6) is 5.75 Å². The highest BCUT2D eigenvalue weighted by atomic mass is 16.5. The Morgan fingerprint density at radius 2 is 1.25 bits per heavy atom. The normalized spacial score (nSPS) is 11.1. The summed E-state index contributed by atoms with van der Waals surface area (Å²) in [5.41, 5.74) is 5.83. The molecule has 3 nitrogen and oxygen atoms in total. The highest BCUT2D eigenvalue weighted by molar-refractivity contribution is 5.95. The molecule has 0 radical (unpaired) electrons. The van der Waals surface area contributed by atoms with E-state index in [0.717, 1.165) is 12.3 Å². The smallest absolute Gasteiger partial charge is 0.252 e. The lowest BCUT2D eigenvalue weighted by atomic mass is 10.0. The van der Waals surface area contributed by atoms with Crippen molar-refractivity contribution in [2.45, 2.75) is 104 Å². The molecule has 0 heterocycles. The van der Waals surface area contributed by atoms with Crippen molar-refractivity contribution >= 4 is 5.91 Å². The van der Waals surface area contributed by atoms with E-state index in [2.05, 4.69) is 13.8 Å². The first-order valence-corrected chi connectivity index (χ1v) is 11.6. The number of rotatable bonds is 18. The molecule has 0 aliphatic rings. The van der Waals surface area contributed by atoms with Crippen LogP contribution in [-0.4, -0.2) is 12.5 Å². The van der Waals surface area contributed by atoms with Gasteiger partial charge < -0.3 is 10.5 Å². The standard InChI is InChI=1S/C25H43NO2/c1-22(2)18-14-12-10-8-6-4-3-5-7-9-11-13-17-21-28-24-20-16-15-19-23(24)25(26)27/h15-16,19-20,22H,3-14,17-18,21H2,1-2H3,(H2,26,27). The third-order valence-electron chi connectivity index (χ3n) is 5.34. The van der Waals surface area contributed by atoms with Crippen LogP contribution in [0.25, 0.3) is 0 Å². The van der Waals surface area contributed by atoms with Crippen LogP contribution in [0.3, 0.4) is 0 Å². The number of hydrogen-bond acceptors (Lipinski definition) is 2. The molecule has 0 aliphatic heterocycles. The predicted molar refractivity (Wildman–Crippen MR) is 120 cm³/mol. The Morgan fingerprint density at radius 3 is 1.75 bits per heavy atom. The van der Waals surface area contributed by atoms with Crippen molar-refractivity contribution in [1.29, 1.82) is 0 Å². The molecule has 0 unspecified atom stereocenters. The monoisotopic (exact) mass is 389 g/mol. The van der Waals surface area contributed by atoms with Gasteiger partial charge in [-0.05, 0) is 24.5 Å². The van der Waals surface area contributed by atoms with Crippen molar-refractivity contribution in [3.05, 3.63) is 29.8 Å². The van der Waals surface area contributed by atoms with Crippen molar-refractivity contribution in [2.75, 3.05) is 6.61 Å². The average Bonchev–Trinajstić information content (AvgIpc) is 2.67. The second-order valence-electron chi connectivity index (χ2n) is 8.49. The van der Waals surface area contributed by atoms with Crippen LogP contribution < -0.4 is 10.5 Å². The molecule has 160 valence electrons. The van der Waals surface area contributed by atoms with E-state index in [1.54, 1.807) is 12.1 Å². The summed E-state index contributed by atoms with van der Waals surface area (Å²) in [5, 5.41) is 0. The molecule has 1 aromatic carbocycles. The molecule has 28 heavy (non-hydrogen) atoms. The van der Waals surface area contributed by atoms with Crippen LogP contribution in [0.1, 0.15) is 114 Å². The van der Waals surface area contributed by atoms with Crippen LogP contribution in [0.2, 0.25) is 0 Å². The summed E-state index contributed by atoms with van der Waals surface area (Å²) in [6, 6.07) is 7.20. The molecule has 1 aromatic rings. The van der Waals surface area contributed by atoms with Crippen LogP contribution in [0, 0.1) is 5.92 Å². The molecular formula is C25H43NO2. The summed E-state index contributed by atoms with van der Waals surface area (Å²) in [7, 11) is 0. The molecule has 1 rings (SSSR count). The van der Waals surface area contributed by atoms with Crippen molar-refractivity contribution in [3.8, 4) is 5.75 Å². The van der Waals surface area contributed by atoms with E-state index in [4.69, 9.17) is 10.5 Å². The van der Waals surface area contributed by atoms with Gasteiger partial charge in [0.25, 0.3) is 5.91 Å². The number of carbonyl (C=O) groups excluding carboxylic acids is 1. The van der Waals surface area contributed by atoms with Gasteiger partial charge in [0.1, 0.15) is 5.75 Å². The summed E-state index contributed by atoms with van der Waals surface area (Å²) >= 11 is 0. The Labute approximate surface area is 173 Å². The SMILES string of the molecule is CC(C)CCCCCCCCCCCCCCCOc1ccccc1C(N)=O. The van der Waals surface area contributed by atoms with Gasteiger partial charge in [-0.2, -0.15) is 0 Å². The average molecular weight is 390 g/mol. The predicted octanol–water partition coefficient (Wildman–Crippen LogP) is 7.28. The lowest BCUT2D eigenvalue weighted by Crippen LogP contribution is -2.13. The zero-order valence-corrected chi connectivity index (χ0v) is 18.4. The molecule has 1 amide bonds. The highest BCUT2D eigenvalue weighted by Gasteiger charge is 2.07. The first-order valence-electron chi connectivity index (χ1n) is 11.6. The van der Waals surface area contributed by atoms with E-state index >= 15 is 0 Å². The van der Waals surface area contributed by atoms with Gasteiger partial charge in [-0.3, -0.25) is 4.79 Å². The van der Waals surface area contributed by atoms with Crippen molar-refractivity contribution < 1.29 is 9.53 Å². The van der Waals surface area contributed by atoms with Gasteiger partial charge in [-0.25, -0.2) is 0 Å². The maximum Gasteiger partial charge on any atom is 0.252 e. The summed E-state index contributed by atoms with van der Waals surface area (Å²) in [6.45, 7) is 5.29. The van der Waals surface area contributed by atoms with E-state index in [1.165, 1.54) is 83.5 Å². The lowest BCUT2D eigenvalue weighted by Gasteiger charge is -2.09. The number of para-hydroxylation sites is 1. The maximum atomic E-state index is 11.3. The van der Waals surface area contributed by atoms with E-state index in [0.29, 0.717) is 17.9 Å². The number of amides is 1. The summed E-state index contributed by atoms with van der Waals surface area (Å²) < 4.78 is 5.72. The van der Waals surface area contributed by atoms with Crippen LogP contribution >= 0.6 is 0 Å². The van der Waals surface area contributed by atoms with Crippen molar-refractivity contribution in [3.63, 3.8) is 0 Å². The Morgan fingerprint density at radius 1 is 0.786 bits per heavy atom. The number of carbonyl (C=O) groups is 1. The van der Waals surface area contributed by atoms with Crippen LogP contribution in [-0.2, 0) is 0 Å². The Hall–Kier alpha value is -1.51. The lowest BCUT2D eigenvalue weighted by molar-refractivity contribution is 0.0996. The first-order chi connectivity index (χ1) is 13.6. The number of benzene rings is 1. The van der Waals surface area contributed by atoms with Crippen molar-refractivity contribution in [1.82, 2.24) is 0 Å². The molecule has 2 N–H and O–H groups in total. The molecule has 3 heteroatoms. The van der Waals surface area contributed by atoms with E-state index in [9.17, 15) is 4.79 Å². The third-order valence-corrected chi connectivity index (χ3v) is 5.34. The Bertz CT molecular complexity index is 513. The van der Waals surface area contributed by atoms with Crippen LogP contribution in [0.15, 0.2) is 24.3 Å². The molecule has 0 saturated heterocycles. The second kappa shape index (κ2) is 16.4. The molecule has 0 saturated carbocycles. The summed E-state index contributed by atoms with van der Waals surface area (Å²) in [4.78, 5) is 11.3. The minimum atomic E-state index is -0.429. The van der Waals surface area contributed by atoms with Gasteiger partial charge in [-0.15, -0.1) is 0 Å². The summed E-state index contributed by atoms with van der Waals surface area (Å²) in [5.74, 6) is 1.04.